The molecule has 3 N–H and O–H groups in total. The number of piperazine rings is 1. The van der Waals surface area contributed by atoms with E-state index in [2.05, 4.69) is 35.9 Å². The van der Waals surface area contributed by atoms with Gasteiger partial charge in [-0.15, -0.1) is 0 Å². The highest BCUT2D eigenvalue weighted by Gasteiger charge is 2.46. The molecule has 0 radical (unpaired) electrons. The number of benzene rings is 1. The van der Waals surface area contributed by atoms with Crippen LogP contribution in [-0.2, 0) is 14.4 Å². The zero-order valence-electron chi connectivity index (χ0n) is 35.4. The molecule has 3 aromatic heterocycles. The van der Waals surface area contributed by atoms with Crippen molar-refractivity contribution in [1.29, 1.82) is 0 Å². The number of nitrogens with one attached hydrogen (secondary N) is 3. The molecule has 348 valence electrons. The Morgan fingerprint density at radius 2 is 1.68 bits per heavy atom. The van der Waals surface area contributed by atoms with Crippen LogP contribution in [0.5, 0.6) is 0 Å². The van der Waals surface area contributed by atoms with Gasteiger partial charge in [0.25, 0.3) is 12.3 Å². The molecule has 6 heterocycles. The van der Waals surface area contributed by atoms with Crippen molar-refractivity contribution in [1.82, 2.24) is 34.9 Å². The number of aromatic nitrogens is 4. The number of amides is 4. The summed E-state index contributed by atoms with van der Waals surface area (Å²) in [5, 5.41) is 10.9. The third-order valence-electron chi connectivity index (χ3n) is 12.9. The van der Waals surface area contributed by atoms with Crippen molar-refractivity contribution in [3.8, 4) is 11.5 Å². The van der Waals surface area contributed by atoms with E-state index in [0.29, 0.717) is 45.6 Å². The molecule has 0 unspecified atom stereocenters. The van der Waals surface area contributed by atoms with E-state index in [9.17, 15) is 41.1 Å². The van der Waals surface area contributed by atoms with E-state index in [1.54, 1.807) is 4.90 Å². The molecule has 4 aliphatic rings. The third-order valence-corrected chi connectivity index (χ3v) is 12.9. The molecule has 15 nitrogen and oxygen atoms in total. The number of pyridine rings is 1. The van der Waals surface area contributed by atoms with E-state index in [-0.39, 0.29) is 77.3 Å². The zero-order chi connectivity index (χ0) is 46.4. The molecular formula is C43H47F7N10O5. The second kappa shape index (κ2) is 18.1. The van der Waals surface area contributed by atoms with Crippen LogP contribution in [0.15, 0.2) is 47.3 Å². The number of nitrogens with zero attached hydrogens (tertiary/aromatic N) is 7. The van der Waals surface area contributed by atoms with Crippen LogP contribution < -0.4 is 20.9 Å². The maximum Gasteiger partial charge on any atom is 0.405 e. The number of piperidine rings is 1. The molecule has 0 spiro atoms. The first-order valence-corrected chi connectivity index (χ1v) is 21.3. The summed E-state index contributed by atoms with van der Waals surface area (Å²) in [6, 6.07) is 5.03. The molecule has 65 heavy (non-hydrogen) atoms. The number of alkyl halides is 5. The summed E-state index contributed by atoms with van der Waals surface area (Å²) in [5.74, 6) is -5.62. The fourth-order valence-corrected chi connectivity index (χ4v) is 9.41. The Morgan fingerprint density at radius 1 is 0.985 bits per heavy atom. The number of oxazole rings is 1. The van der Waals surface area contributed by atoms with Gasteiger partial charge in [-0.2, -0.15) is 18.3 Å². The Balaban J connectivity index is 0.831. The Labute approximate surface area is 368 Å². The molecular weight excluding hydrogens is 870 g/mol. The van der Waals surface area contributed by atoms with Crippen LogP contribution in [0.25, 0.3) is 11.5 Å². The van der Waals surface area contributed by atoms with Crippen LogP contribution in [-0.4, -0.2) is 111 Å². The van der Waals surface area contributed by atoms with Crippen LogP contribution in [0.3, 0.4) is 0 Å². The van der Waals surface area contributed by atoms with E-state index in [1.165, 1.54) is 41.3 Å². The van der Waals surface area contributed by atoms with Crippen LogP contribution >= 0.6 is 0 Å². The molecule has 1 saturated carbocycles. The average molecular weight is 917 g/mol. The van der Waals surface area contributed by atoms with Crippen LogP contribution in [0.4, 0.5) is 47.9 Å². The van der Waals surface area contributed by atoms with E-state index in [1.807, 2.05) is 18.7 Å². The van der Waals surface area contributed by atoms with Gasteiger partial charge in [0, 0.05) is 80.9 Å². The van der Waals surface area contributed by atoms with Gasteiger partial charge in [-0.05, 0) is 61.8 Å². The van der Waals surface area contributed by atoms with Gasteiger partial charge in [-0.25, -0.2) is 27.5 Å². The number of imide groups is 1. The maximum atomic E-state index is 15.4. The minimum absolute atomic E-state index is 0.0103. The van der Waals surface area contributed by atoms with Crippen molar-refractivity contribution in [3.05, 3.63) is 71.5 Å². The van der Waals surface area contributed by atoms with Gasteiger partial charge in [0.05, 0.1) is 23.6 Å². The van der Waals surface area contributed by atoms with Gasteiger partial charge in [0.15, 0.2) is 11.4 Å². The van der Waals surface area contributed by atoms with Gasteiger partial charge < -0.3 is 24.9 Å². The molecule has 22 heteroatoms. The lowest BCUT2D eigenvalue weighted by Crippen LogP contribution is -2.54. The van der Waals surface area contributed by atoms with E-state index >= 15 is 8.78 Å². The maximum absolute atomic E-state index is 15.4. The first-order valence-electron chi connectivity index (χ1n) is 21.3. The Bertz CT molecular complexity index is 2420. The van der Waals surface area contributed by atoms with Crippen molar-refractivity contribution in [2.75, 3.05) is 61.3 Å². The minimum Gasteiger partial charge on any atom is -0.444 e. The molecule has 3 saturated heterocycles. The highest BCUT2D eigenvalue weighted by Crippen LogP contribution is 2.41. The summed E-state index contributed by atoms with van der Waals surface area (Å²) >= 11 is 0. The number of anilines is 3. The van der Waals surface area contributed by atoms with E-state index in [0.717, 1.165) is 19.1 Å². The molecule has 2 atom stereocenters. The summed E-state index contributed by atoms with van der Waals surface area (Å²) in [6.45, 7) is 5.47. The standard InChI is InChI=1S/C43H47F7N10O5/c1-42(2)22-59(26-16-29(44)35(30(45)17-26)27-7-8-34(61)55-38(27)62)18-28(42)41(64)58-13-11-57(12-14-58)24-3-5-25(6-4-24)60-19-31(36(56-60)37(46)47)53-39(63)32-20-65-40(54-32)23-9-10-51-33(15-23)52-21-43(48,49)50/h9-10,15-17,19-20,24-25,27-28,37H,3-8,11-14,18,21-22H2,1-2H3,(H,51,52)(H,53,63)(H,55,61,62)/t24?,25?,27-,28-/m1/s1. The van der Waals surface area contributed by atoms with E-state index < -0.39 is 71.4 Å². The van der Waals surface area contributed by atoms with Crippen molar-refractivity contribution in [2.45, 2.75) is 83.0 Å². The second-order valence-corrected chi connectivity index (χ2v) is 17.7. The first-order chi connectivity index (χ1) is 30.8. The highest BCUT2D eigenvalue weighted by atomic mass is 19.4. The molecule has 4 aromatic rings. The Kier molecular flexibility index (Phi) is 12.7. The number of rotatable bonds is 11. The normalized spacial score (nSPS) is 22.9. The predicted molar refractivity (Wildman–Crippen MR) is 220 cm³/mol. The van der Waals surface area contributed by atoms with Gasteiger partial charge >= 0.3 is 6.18 Å². The number of carbonyl (C=O) groups excluding carboxylic acids is 4. The van der Waals surface area contributed by atoms with Gasteiger partial charge in [-0.3, -0.25) is 34.1 Å². The molecule has 3 aliphatic heterocycles. The zero-order valence-corrected chi connectivity index (χ0v) is 35.4. The van der Waals surface area contributed by atoms with Crippen LogP contribution in [0, 0.1) is 23.0 Å². The topological polar surface area (TPSA) is 171 Å². The summed E-state index contributed by atoms with van der Waals surface area (Å²) in [5.41, 5.74) is -1.46. The molecule has 4 fully saturated rings. The summed E-state index contributed by atoms with van der Waals surface area (Å²) in [6.07, 6.45) is -1.13. The minimum atomic E-state index is -4.47. The third kappa shape index (κ3) is 9.96. The number of halogens is 7. The number of carbonyl (C=O) groups is 4. The predicted octanol–water partition coefficient (Wildman–Crippen LogP) is 6.69. The molecule has 0 bridgehead atoms. The monoisotopic (exact) mass is 916 g/mol. The summed E-state index contributed by atoms with van der Waals surface area (Å²) in [4.78, 5) is 64.9. The molecule has 1 aromatic carbocycles. The van der Waals surface area contributed by atoms with Gasteiger partial charge in [-0.1, -0.05) is 13.8 Å². The summed E-state index contributed by atoms with van der Waals surface area (Å²) in [7, 11) is 0. The van der Waals surface area contributed by atoms with Crippen molar-refractivity contribution >= 4 is 40.8 Å². The number of hydrogen-bond acceptors (Lipinski definition) is 11. The summed E-state index contributed by atoms with van der Waals surface area (Å²) < 4.78 is 104. The highest BCUT2D eigenvalue weighted by molar-refractivity contribution is 6.03. The quantitative estimate of drug-likeness (QED) is 0.108. The smallest absolute Gasteiger partial charge is 0.405 e. The van der Waals surface area contributed by atoms with Gasteiger partial charge in [0.1, 0.15) is 30.3 Å². The van der Waals surface area contributed by atoms with Gasteiger partial charge in [0.2, 0.25) is 23.6 Å². The van der Waals surface area contributed by atoms with Crippen LogP contribution in [0.1, 0.15) is 92.5 Å². The largest absolute Gasteiger partial charge is 0.444 e. The fourth-order valence-electron chi connectivity index (χ4n) is 9.41. The van der Waals surface area contributed by atoms with Crippen LogP contribution in [0.2, 0.25) is 0 Å². The lowest BCUT2D eigenvalue weighted by atomic mass is 9.81. The lowest BCUT2D eigenvalue weighted by molar-refractivity contribution is -0.140. The average Bonchev–Trinajstić information content (AvgIpc) is 4.01. The van der Waals surface area contributed by atoms with Crippen molar-refractivity contribution in [3.63, 3.8) is 0 Å². The Hall–Kier alpha value is -6.06. The molecule has 4 amide bonds. The second-order valence-electron chi connectivity index (χ2n) is 17.7. The fraction of sp³-hybridized carbons (Fsp3) is 0.512. The lowest BCUT2D eigenvalue weighted by Gasteiger charge is -2.43. The SMILES string of the molecule is CC1(C)CN(c2cc(F)c([C@H]3CCC(=O)NC3=O)c(F)c2)C[C@@H]1C(=O)N1CCN(C2CCC(n3cc(NC(=O)c4coc(-c5ccnc(NCC(F)(F)F)c5)n4)c(C(F)F)n3)CC2)CC1. The van der Waals surface area contributed by atoms with Crippen molar-refractivity contribution < 1.29 is 54.3 Å². The molecule has 8 rings (SSSR count). The number of hydrogen-bond donors (Lipinski definition) is 3. The van der Waals surface area contributed by atoms with Crippen molar-refractivity contribution in [2.24, 2.45) is 11.3 Å². The molecule has 1 aliphatic carbocycles. The first kappa shape index (κ1) is 45.5. The Morgan fingerprint density at radius 3 is 2.34 bits per heavy atom. The van der Waals surface area contributed by atoms with E-state index in [4.69, 9.17) is 4.42 Å².